The molecule has 1 unspecified atom stereocenters. The third-order valence-electron chi connectivity index (χ3n) is 6.21. The zero-order chi connectivity index (χ0) is 23.1. The van der Waals surface area contributed by atoms with Crippen LogP contribution in [-0.4, -0.2) is 15.7 Å². The Labute approximate surface area is 200 Å². The highest BCUT2D eigenvalue weighted by molar-refractivity contribution is 7.99. The van der Waals surface area contributed by atoms with Crippen molar-refractivity contribution in [3.8, 4) is 11.5 Å². The maximum absolute atomic E-state index is 13.6. The van der Waals surface area contributed by atoms with Crippen LogP contribution in [-0.2, 0) is 13.2 Å². The van der Waals surface area contributed by atoms with Crippen molar-refractivity contribution in [2.24, 2.45) is 5.92 Å². The van der Waals surface area contributed by atoms with Crippen LogP contribution in [0, 0.1) is 17.6 Å². The first-order chi connectivity index (χ1) is 16.6. The predicted octanol–water partition coefficient (Wildman–Crippen LogP) is 6.61. The van der Waals surface area contributed by atoms with Gasteiger partial charge >= 0.3 is 0 Å². The quantitative estimate of drug-likeness (QED) is 0.313. The van der Waals surface area contributed by atoms with E-state index >= 15 is 0 Å². The van der Waals surface area contributed by atoms with Gasteiger partial charge < -0.3 is 9.47 Å². The molecule has 0 saturated heterocycles. The molecule has 2 aliphatic rings. The van der Waals surface area contributed by atoms with Gasteiger partial charge in [0.1, 0.15) is 24.7 Å². The number of nitrogens with zero attached hydrogens (tertiary/aromatic N) is 2. The summed E-state index contributed by atoms with van der Waals surface area (Å²) in [6.07, 6.45) is 4.43. The lowest BCUT2D eigenvalue weighted by atomic mass is 10.0. The molecule has 0 amide bonds. The van der Waals surface area contributed by atoms with Crippen LogP contribution in [0.15, 0.2) is 60.8 Å². The molecule has 4 nitrogen and oxygen atoms in total. The highest BCUT2D eigenvalue weighted by Crippen LogP contribution is 2.47. The third-order valence-corrected chi connectivity index (χ3v) is 7.71. The SMILES string of the molecule is Fc1cc2ccc(COc3ccc4c(c3)C(SCC3CC3)c3cccnc3CO4)nc2cc1F. The van der Waals surface area contributed by atoms with Crippen LogP contribution in [0.25, 0.3) is 10.9 Å². The smallest absolute Gasteiger partial charge is 0.161 e. The molecule has 0 N–H and O–H groups in total. The second-order valence-electron chi connectivity index (χ2n) is 8.73. The number of benzene rings is 2. The summed E-state index contributed by atoms with van der Waals surface area (Å²) in [5.41, 5.74) is 4.28. The Morgan fingerprint density at radius 3 is 2.76 bits per heavy atom. The van der Waals surface area contributed by atoms with Gasteiger partial charge in [0.25, 0.3) is 0 Å². The van der Waals surface area contributed by atoms with E-state index in [1.807, 2.05) is 42.2 Å². The zero-order valence-corrected chi connectivity index (χ0v) is 19.2. The van der Waals surface area contributed by atoms with Gasteiger partial charge in [-0.1, -0.05) is 12.1 Å². The minimum Gasteiger partial charge on any atom is -0.487 e. The highest BCUT2D eigenvalue weighted by Gasteiger charge is 2.29. The Morgan fingerprint density at radius 2 is 1.88 bits per heavy atom. The van der Waals surface area contributed by atoms with E-state index in [4.69, 9.17) is 9.47 Å². The molecule has 34 heavy (non-hydrogen) atoms. The summed E-state index contributed by atoms with van der Waals surface area (Å²) in [6, 6.07) is 15.8. The lowest BCUT2D eigenvalue weighted by Gasteiger charge is -2.19. The number of ether oxygens (including phenoxy) is 2. The monoisotopic (exact) mass is 476 g/mol. The summed E-state index contributed by atoms with van der Waals surface area (Å²) < 4.78 is 39.3. The van der Waals surface area contributed by atoms with E-state index in [0.717, 1.165) is 40.8 Å². The molecule has 0 radical (unpaired) electrons. The van der Waals surface area contributed by atoms with E-state index in [1.54, 1.807) is 12.1 Å². The normalized spacial score (nSPS) is 16.9. The maximum atomic E-state index is 13.6. The van der Waals surface area contributed by atoms with Crippen LogP contribution in [0.4, 0.5) is 8.78 Å². The van der Waals surface area contributed by atoms with E-state index < -0.39 is 11.6 Å². The number of halogens is 2. The van der Waals surface area contributed by atoms with Gasteiger partial charge in [-0.3, -0.25) is 4.98 Å². The van der Waals surface area contributed by atoms with Crippen LogP contribution < -0.4 is 9.47 Å². The topological polar surface area (TPSA) is 44.2 Å². The van der Waals surface area contributed by atoms with Crippen LogP contribution in [0.5, 0.6) is 11.5 Å². The molecule has 1 atom stereocenters. The Morgan fingerprint density at radius 1 is 1.00 bits per heavy atom. The number of hydrogen-bond acceptors (Lipinski definition) is 5. The Hall–Kier alpha value is -3.19. The molecule has 4 aromatic rings. The minimum atomic E-state index is -0.909. The van der Waals surface area contributed by atoms with Crippen molar-refractivity contribution in [3.05, 3.63) is 94.9 Å². The van der Waals surface area contributed by atoms with Crippen LogP contribution in [0.3, 0.4) is 0 Å². The number of hydrogen-bond donors (Lipinski definition) is 0. The van der Waals surface area contributed by atoms with Crippen molar-refractivity contribution in [1.82, 2.24) is 9.97 Å². The second kappa shape index (κ2) is 8.87. The lowest BCUT2D eigenvalue weighted by molar-refractivity contribution is 0.293. The first kappa shape index (κ1) is 21.4. The number of rotatable bonds is 6. The van der Waals surface area contributed by atoms with Crippen molar-refractivity contribution in [1.29, 1.82) is 0 Å². The van der Waals surface area contributed by atoms with Crippen molar-refractivity contribution in [2.45, 2.75) is 31.3 Å². The minimum absolute atomic E-state index is 0.127. The molecule has 1 saturated carbocycles. The van der Waals surface area contributed by atoms with Gasteiger partial charge in [-0.2, -0.15) is 0 Å². The van der Waals surface area contributed by atoms with E-state index in [-0.39, 0.29) is 11.9 Å². The molecule has 1 aliphatic heterocycles. The summed E-state index contributed by atoms with van der Waals surface area (Å²) in [6.45, 7) is 0.661. The first-order valence-electron chi connectivity index (χ1n) is 11.3. The Balaban J connectivity index is 1.27. The van der Waals surface area contributed by atoms with E-state index in [1.165, 1.54) is 18.4 Å². The van der Waals surface area contributed by atoms with Gasteiger partial charge in [-0.05, 0) is 66.5 Å². The number of pyridine rings is 2. The zero-order valence-electron chi connectivity index (χ0n) is 18.3. The first-order valence-corrected chi connectivity index (χ1v) is 12.4. The van der Waals surface area contributed by atoms with Gasteiger partial charge in [0, 0.05) is 23.2 Å². The summed E-state index contributed by atoms with van der Waals surface area (Å²) in [7, 11) is 0. The van der Waals surface area contributed by atoms with E-state index in [2.05, 4.69) is 16.0 Å². The molecule has 1 fully saturated rings. The standard InChI is InChI=1S/C27H22F2N2O2S/c28-22-10-17-5-6-18(31-24(17)12-23(22)29)13-32-19-7-8-26-21(11-19)27(34-15-16-3-4-16)20-2-1-9-30-25(20)14-33-26/h1-2,5-12,16,27H,3-4,13-15H2. The molecular weight excluding hydrogens is 454 g/mol. The van der Waals surface area contributed by atoms with Gasteiger partial charge in [-0.15, -0.1) is 11.8 Å². The van der Waals surface area contributed by atoms with Gasteiger partial charge in [0.2, 0.25) is 0 Å². The van der Waals surface area contributed by atoms with Crippen molar-refractivity contribution in [3.63, 3.8) is 0 Å². The van der Waals surface area contributed by atoms with Crippen LogP contribution in [0.1, 0.15) is 40.6 Å². The van der Waals surface area contributed by atoms with Crippen molar-refractivity contribution >= 4 is 22.7 Å². The van der Waals surface area contributed by atoms with Crippen LogP contribution in [0.2, 0.25) is 0 Å². The summed E-state index contributed by atoms with van der Waals surface area (Å²) in [5.74, 6) is 1.68. The fourth-order valence-electron chi connectivity index (χ4n) is 4.17. The second-order valence-corrected chi connectivity index (χ2v) is 9.87. The predicted molar refractivity (Wildman–Crippen MR) is 128 cm³/mol. The van der Waals surface area contributed by atoms with Gasteiger partial charge in [-0.25, -0.2) is 13.8 Å². The molecule has 3 heterocycles. The molecule has 7 heteroatoms. The number of thioether (sulfide) groups is 1. The Kier molecular flexibility index (Phi) is 5.57. The molecular formula is C27H22F2N2O2S. The fourth-order valence-corrected chi connectivity index (χ4v) is 5.73. The van der Waals surface area contributed by atoms with E-state index in [9.17, 15) is 8.78 Å². The largest absolute Gasteiger partial charge is 0.487 e. The van der Waals surface area contributed by atoms with Gasteiger partial charge in [0.15, 0.2) is 11.6 Å². The summed E-state index contributed by atoms with van der Waals surface area (Å²) >= 11 is 1.94. The summed E-state index contributed by atoms with van der Waals surface area (Å²) in [4.78, 5) is 8.99. The van der Waals surface area contributed by atoms with Crippen molar-refractivity contribution < 1.29 is 18.3 Å². The molecule has 1 aliphatic carbocycles. The highest BCUT2D eigenvalue weighted by atomic mass is 32.2. The fraction of sp³-hybridized carbons (Fsp3) is 0.259. The summed E-state index contributed by atoms with van der Waals surface area (Å²) in [5, 5.41) is 0.676. The maximum Gasteiger partial charge on any atom is 0.161 e. The third kappa shape index (κ3) is 4.32. The van der Waals surface area contributed by atoms with E-state index in [0.29, 0.717) is 29.0 Å². The van der Waals surface area contributed by atoms with Crippen molar-refractivity contribution in [2.75, 3.05) is 5.75 Å². The average Bonchev–Trinajstić information content (AvgIpc) is 3.69. The molecule has 172 valence electrons. The number of fused-ring (bicyclic) bond motifs is 3. The molecule has 0 bridgehead atoms. The molecule has 2 aromatic heterocycles. The average molecular weight is 477 g/mol. The molecule has 6 rings (SSSR count). The lowest BCUT2D eigenvalue weighted by Crippen LogP contribution is -2.03. The van der Waals surface area contributed by atoms with Gasteiger partial charge in [0.05, 0.1) is 22.2 Å². The number of aromatic nitrogens is 2. The molecule has 0 spiro atoms. The Bertz CT molecular complexity index is 1380. The van der Waals surface area contributed by atoms with Crippen LogP contribution >= 0.6 is 11.8 Å². The molecule has 2 aromatic carbocycles.